The van der Waals surface area contributed by atoms with Crippen LogP contribution >= 0.6 is 0 Å². The summed E-state index contributed by atoms with van der Waals surface area (Å²) in [7, 11) is 2.05. The van der Waals surface area contributed by atoms with E-state index in [9.17, 15) is 4.79 Å². The van der Waals surface area contributed by atoms with Gasteiger partial charge in [-0.25, -0.2) is 4.79 Å². The maximum Gasteiger partial charge on any atom is 0.319 e. The van der Waals surface area contributed by atoms with Crippen LogP contribution in [0.25, 0.3) is 0 Å². The van der Waals surface area contributed by atoms with Crippen molar-refractivity contribution in [3.8, 4) is 12.3 Å². The monoisotopic (exact) mass is 243 g/mol. The van der Waals surface area contributed by atoms with Gasteiger partial charge in [-0.2, -0.15) is 0 Å². The predicted octanol–water partition coefficient (Wildman–Crippen LogP) is 1.49. The molecule has 1 heterocycles. The largest absolute Gasteiger partial charge is 0.334 e. The highest BCUT2D eigenvalue weighted by Crippen LogP contribution is 2.10. The molecule has 0 spiro atoms. The second-order valence-electron chi connectivity index (χ2n) is 4.57. The first-order chi connectivity index (χ1) is 8.67. The van der Waals surface area contributed by atoms with Gasteiger partial charge in [-0.15, -0.1) is 6.42 Å². The van der Waals surface area contributed by atoms with E-state index in [0.29, 0.717) is 0 Å². The molecule has 1 atom stereocenters. The van der Waals surface area contributed by atoms with Crippen molar-refractivity contribution < 1.29 is 4.79 Å². The first-order valence-corrected chi connectivity index (χ1v) is 6.00. The molecule has 4 nitrogen and oxygen atoms in total. The quantitative estimate of drug-likeness (QED) is 0.773. The van der Waals surface area contributed by atoms with Gasteiger partial charge >= 0.3 is 6.03 Å². The highest BCUT2D eigenvalue weighted by Gasteiger charge is 2.20. The minimum Gasteiger partial charge on any atom is -0.334 e. The van der Waals surface area contributed by atoms with Crippen LogP contribution in [0.3, 0.4) is 0 Å². The summed E-state index contributed by atoms with van der Waals surface area (Å²) in [6.07, 6.45) is 6.27. The van der Waals surface area contributed by atoms with Crippen molar-refractivity contribution in [2.24, 2.45) is 0 Å². The number of carbonyl (C=O) groups is 1. The number of amides is 2. The molecule has 0 unspecified atom stereocenters. The summed E-state index contributed by atoms with van der Waals surface area (Å²) in [5, 5.41) is 5.75. The number of rotatable bonds is 2. The molecule has 0 saturated carbocycles. The molecule has 1 aliphatic heterocycles. The summed E-state index contributed by atoms with van der Waals surface area (Å²) in [5.74, 6) is 2.54. The Hall–Kier alpha value is -1.99. The number of nitrogens with zero attached hydrogens (tertiary/aromatic N) is 1. The van der Waals surface area contributed by atoms with E-state index < -0.39 is 0 Å². The van der Waals surface area contributed by atoms with E-state index in [1.165, 1.54) is 0 Å². The number of likely N-dealkylation sites (tertiary alicyclic amines) is 1. The molecule has 0 bridgehead atoms. The number of hydrogen-bond donors (Lipinski definition) is 2. The van der Waals surface area contributed by atoms with E-state index >= 15 is 0 Å². The highest BCUT2D eigenvalue weighted by molar-refractivity contribution is 5.89. The van der Waals surface area contributed by atoms with E-state index in [1.807, 2.05) is 0 Å². The third kappa shape index (κ3) is 3.25. The maximum atomic E-state index is 11.7. The topological polar surface area (TPSA) is 44.4 Å². The van der Waals surface area contributed by atoms with E-state index in [-0.39, 0.29) is 12.1 Å². The standard InChI is InChI=1S/C14H17N3O/c1-3-11-4-6-12(7-5-11)15-14(18)16-13-8-9-17(2)10-13/h1,4-7,13H,8-10H2,2H3,(H2,15,16,18)/t13-/m1/s1. The van der Waals surface area contributed by atoms with Crippen molar-refractivity contribution >= 4 is 11.7 Å². The Morgan fingerprint density at radius 3 is 2.72 bits per heavy atom. The Balaban J connectivity index is 1.85. The van der Waals surface area contributed by atoms with Crippen LogP contribution in [0, 0.1) is 12.3 Å². The van der Waals surface area contributed by atoms with Crippen molar-refractivity contribution in [3.63, 3.8) is 0 Å². The zero-order valence-corrected chi connectivity index (χ0v) is 10.4. The molecule has 0 aliphatic carbocycles. The Morgan fingerprint density at radius 2 is 2.17 bits per heavy atom. The SMILES string of the molecule is C#Cc1ccc(NC(=O)N[C@@H]2CCN(C)C2)cc1. The van der Waals surface area contributed by atoms with Crippen LogP contribution in [0.1, 0.15) is 12.0 Å². The van der Waals surface area contributed by atoms with Gasteiger partial charge in [0.1, 0.15) is 0 Å². The average molecular weight is 243 g/mol. The van der Waals surface area contributed by atoms with Crippen LogP contribution in [-0.4, -0.2) is 37.1 Å². The Labute approximate surface area is 107 Å². The fourth-order valence-corrected chi connectivity index (χ4v) is 2.06. The third-order valence-corrected chi connectivity index (χ3v) is 3.04. The zero-order chi connectivity index (χ0) is 13.0. The number of hydrogen-bond acceptors (Lipinski definition) is 2. The number of likely N-dealkylation sites (N-methyl/N-ethyl adjacent to an activating group) is 1. The van der Waals surface area contributed by atoms with Crippen LogP contribution in [-0.2, 0) is 0 Å². The summed E-state index contributed by atoms with van der Waals surface area (Å²) in [6, 6.07) is 7.28. The average Bonchev–Trinajstić information content (AvgIpc) is 2.75. The van der Waals surface area contributed by atoms with Crippen molar-refractivity contribution in [1.82, 2.24) is 10.2 Å². The van der Waals surface area contributed by atoms with Gasteiger partial charge in [-0.1, -0.05) is 5.92 Å². The molecule has 1 aromatic carbocycles. The lowest BCUT2D eigenvalue weighted by molar-refractivity contribution is 0.248. The molecule has 1 aromatic rings. The fourth-order valence-electron chi connectivity index (χ4n) is 2.06. The van der Waals surface area contributed by atoms with Crippen LogP contribution in [0.5, 0.6) is 0 Å². The van der Waals surface area contributed by atoms with Crippen LogP contribution in [0.4, 0.5) is 10.5 Å². The summed E-state index contributed by atoms with van der Waals surface area (Å²) in [4.78, 5) is 13.9. The number of terminal acetylenes is 1. The molecule has 0 radical (unpaired) electrons. The van der Waals surface area contributed by atoms with Crippen molar-refractivity contribution in [2.45, 2.75) is 12.5 Å². The van der Waals surface area contributed by atoms with Gasteiger partial charge in [-0.3, -0.25) is 0 Å². The molecule has 0 aromatic heterocycles. The third-order valence-electron chi connectivity index (χ3n) is 3.04. The predicted molar refractivity (Wildman–Crippen MR) is 72.4 cm³/mol. The summed E-state index contributed by atoms with van der Waals surface area (Å²) >= 11 is 0. The molecule has 1 aliphatic rings. The van der Waals surface area contributed by atoms with Gasteiger partial charge in [0, 0.05) is 23.8 Å². The molecule has 1 saturated heterocycles. The van der Waals surface area contributed by atoms with Gasteiger partial charge < -0.3 is 15.5 Å². The first-order valence-electron chi connectivity index (χ1n) is 6.00. The molecule has 4 heteroatoms. The highest BCUT2D eigenvalue weighted by atomic mass is 16.2. The minimum absolute atomic E-state index is 0.163. The molecule has 94 valence electrons. The minimum atomic E-state index is -0.163. The molecule has 2 N–H and O–H groups in total. The lowest BCUT2D eigenvalue weighted by Gasteiger charge is -2.13. The van der Waals surface area contributed by atoms with E-state index in [1.54, 1.807) is 24.3 Å². The first kappa shape index (κ1) is 12.5. The van der Waals surface area contributed by atoms with Crippen molar-refractivity contribution in [2.75, 3.05) is 25.5 Å². The molecular formula is C14H17N3O. The second-order valence-corrected chi connectivity index (χ2v) is 4.57. The zero-order valence-electron chi connectivity index (χ0n) is 10.4. The molecule has 1 fully saturated rings. The van der Waals surface area contributed by atoms with Gasteiger partial charge in [0.25, 0.3) is 0 Å². The van der Waals surface area contributed by atoms with Crippen molar-refractivity contribution in [1.29, 1.82) is 0 Å². The second kappa shape index (κ2) is 5.56. The van der Waals surface area contributed by atoms with Crippen LogP contribution in [0.15, 0.2) is 24.3 Å². The number of carbonyl (C=O) groups excluding carboxylic acids is 1. The van der Waals surface area contributed by atoms with Crippen LogP contribution in [0.2, 0.25) is 0 Å². The van der Waals surface area contributed by atoms with E-state index in [0.717, 1.165) is 30.8 Å². The number of nitrogens with one attached hydrogen (secondary N) is 2. The Kier molecular flexibility index (Phi) is 3.85. The smallest absolute Gasteiger partial charge is 0.319 e. The Bertz CT molecular complexity index is 461. The molecular weight excluding hydrogens is 226 g/mol. The summed E-state index contributed by atoms with van der Waals surface area (Å²) in [6.45, 7) is 1.94. The lowest BCUT2D eigenvalue weighted by Crippen LogP contribution is -2.39. The lowest BCUT2D eigenvalue weighted by atomic mass is 10.2. The Morgan fingerprint density at radius 1 is 1.44 bits per heavy atom. The van der Waals surface area contributed by atoms with Gasteiger partial charge in [0.2, 0.25) is 0 Å². The van der Waals surface area contributed by atoms with Gasteiger partial charge in [-0.05, 0) is 44.3 Å². The number of anilines is 1. The summed E-state index contributed by atoms with van der Waals surface area (Å²) in [5.41, 5.74) is 1.55. The van der Waals surface area contributed by atoms with Gasteiger partial charge in [0.05, 0.1) is 0 Å². The maximum absolute atomic E-state index is 11.7. The van der Waals surface area contributed by atoms with Crippen LogP contribution < -0.4 is 10.6 Å². The number of urea groups is 1. The molecule has 2 amide bonds. The van der Waals surface area contributed by atoms with E-state index in [2.05, 4.69) is 28.5 Å². The van der Waals surface area contributed by atoms with E-state index in [4.69, 9.17) is 6.42 Å². The summed E-state index contributed by atoms with van der Waals surface area (Å²) < 4.78 is 0. The normalized spacial score (nSPS) is 19.2. The van der Waals surface area contributed by atoms with Gasteiger partial charge in [0.15, 0.2) is 0 Å². The molecule has 18 heavy (non-hydrogen) atoms. The molecule has 2 rings (SSSR count). The number of benzene rings is 1. The van der Waals surface area contributed by atoms with Crippen molar-refractivity contribution in [3.05, 3.63) is 29.8 Å². The fraction of sp³-hybridized carbons (Fsp3) is 0.357.